The third-order valence-electron chi connectivity index (χ3n) is 1.84. The van der Waals surface area contributed by atoms with Gasteiger partial charge >= 0.3 is 5.97 Å². The van der Waals surface area contributed by atoms with E-state index in [1.165, 1.54) is 0 Å². The van der Waals surface area contributed by atoms with Crippen LogP contribution in [0.25, 0.3) is 0 Å². The highest BCUT2D eigenvalue weighted by Gasteiger charge is 2.12. The molecule has 15 heavy (non-hydrogen) atoms. The van der Waals surface area contributed by atoms with Crippen molar-refractivity contribution in [3.05, 3.63) is 23.8 Å². The van der Waals surface area contributed by atoms with Gasteiger partial charge in [0, 0.05) is 5.57 Å². The van der Waals surface area contributed by atoms with E-state index in [0.29, 0.717) is 18.4 Å². The van der Waals surface area contributed by atoms with Crippen LogP contribution in [0.5, 0.6) is 0 Å². The van der Waals surface area contributed by atoms with Gasteiger partial charge in [-0.2, -0.15) is 8.42 Å². The molecule has 0 aromatic heterocycles. The fraction of sp³-hybridized carbons (Fsp3) is 0.444. The molecule has 1 aliphatic carbocycles. The zero-order valence-electron chi connectivity index (χ0n) is 8.05. The van der Waals surface area contributed by atoms with Crippen LogP contribution in [-0.4, -0.2) is 31.3 Å². The molecule has 0 aromatic rings. The number of carbonyl (C=O) groups excluding carboxylic acids is 1. The van der Waals surface area contributed by atoms with Crippen molar-refractivity contribution >= 4 is 16.1 Å². The number of esters is 1. The van der Waals surface area contributed by atoms with E-state index < -0.39 is 21.8 Å². The predicted molar refractivity (Wildman–Crippen MR) is 53.8 cm³/mol. The average molecular weight is 232 g/mol. The largest absolute Gasteiger partial charge is 0.461 e. The molecule has 1 aliphatic rings. The molecule has 0 bridgehead atoms. The molecule has 0 saturated carbocycles. The summed E-state index contributed by atoms with van der Waals surface area (Å²) in [5, 5.41) is 0. The Morgan fingerprint density at radius 2 is 2.20 bits per heavy atom. The first-order chi connectivity index (χ1) is 6.99. The lowest BCUT2D eigenvalue weighted by Crippen LogP contribution is -2.16. The molecule has 1 N–H and O–H groups in total. The van der Waals surface area contributed by atoms with Crippen molar-refractivity contribution in [2.75, 3.05) is 12.4 Å². The van der Waals surface area contributed by atoms with Crippen molar-refractivity contribution in [2.45, 2.75) is 12.8 Å². The predicted octanol–water partition coefficient (Wildman–Crippen LogP) is 0.694. The Morgan fingerprint density at radius 3 is 2.73 bits per heavy atom. The van der Waals surface area contributed by atoms with Crippen LogP contribution in [0.3, 0.4) is 0 Å². The van der Waals surface area contributed by atoms with Crippen molar-refractivity contribution in [3.8, 4) is 0 Å². The van der Waals surface area contributed by atoms with Crippen LogP contribution >= 0.6 is 0 Å². The second-order valence-corrected chi connectivity index (χ2v) is 4.63. The van der Waals surface area contributed by atoms with Crippen molar-refractivity contribution in [2.24, 2.45) is 0 Å². The van der Waals surface area contributed by atoms with Gasteiger partial charge < -0.3 is 4.74 Å². The zero-order chi connectivity index (χ0) is 11.3. The Hall–Kier alpha value is -1.14. The highest BCUT2D eigenvalue weighted by molar-refractivity contribution is 7.85. The van der Waals surface area contributed by atoms with E-state index in [1.807, 2.05) is 12.2 Å². The Labute approximate surface area is 88.2 Å². The van der Waals surface area contributed by atoms with Crippen LogP contribution < -0.4 is 0 Å². The smallest absolute Gasteiger partial charge is 0.334 e. The number of carbonyl (C=O) groups is 1. The highest BCUT2D eigenvalue weighted by atomic mass is 32.2. The molecular formula is C9H12O5S. The van der Waals surface area contributed by atoms with Crippen molar-refractivity contribution in [1.82, 2.24) is 0 Å². The van der Waals surface area contributed by atoms with E-state index in [4.69, 9.17) is 4.55 Å². The normalized spacial score (nSPS) is 15.9. The average Bonchev–Trinajstić information content (AvgIpc) is 2.17. The maximum absolute atomic E-state index is 11.3. The lowest BCUT2D eigenvalue weighted by Gasteiger charge is -2.07. The van der Waals surface area contributed by atoms with Gasteiger partial charge in [-0.1, -0.05) is 18.2 Å². The Balaban J connectivity index is 2.34. The molecule has 5 nitrogen and oxygen atoms in total. The highest BCUT2D eigenvalue weighted by Crippen LogP contribution is 2.12. The van der Waals surface area contributed by atoms with Gasteiger partial charge in [0.05, 0.1) is 0 Å². The lowest BCUT2D eigenvalue weighted by molar-refractivity contribution is -0.138. The van der Waals surface area contributed by atoms with Gasteiger partial charge in [0.1, 0.15) is 12.4 Å². The van der Waals surface area contributed by atoms with E-state index >= 15 is 0 Å². The van der Waals surface area contributed by atoms with E-state index in [2.05, 4.69) is 4.74 Å². The van der Waals surface area contributed by atoms with Crippen molar-refractivity contribution < 1.29 is 22.5 Å². The molecule has 0 heterocycles. The summed E-state index contributed by atoms with van der Waals surface area (Å²) in [6.45, 7) is -0.321. The molecule has 0 unspecified atom stereocenters. The standard InChI is InChI=1S/C9H12O5S/c10-9(8-4-2-1-3-5-8)14-6-7-15(11,12)13/h1-2,5H,3-4,6-7H2,(H,11,12,13). The third kappa shape index (κ3) is 4.75. The SMILES string of the molecule is O=C(OCCS(=O)(=O)O)C1=CCC=CC1. The number of hydrogen-bond acceptors (Lipinski definition) is 4. The van der Waals surface area contributed by atoms with Crippen LogP contribution in [-0.2, 0) is 19.6 Å². The molecule has 0 fully saturated rings. The topological polar surface area (TPSA) is 80.7 Å². The first-order valence-electron chi connectivity index (χ1n) is 4.45. The molecule has 0 radical (unpaired) electrons. The molecule has 6 heteroatoms. The molecule has 1 rings (SSSR count). The van der Waals surface area contributed by atoms with E-state index in [9.17, 15) is 13.2 Å². The molecule has 0 aliphatic heterocycles. The lowest BCUT2D eigenvalue weighted by atomic mass is 10.1. The minimum atomic E-state index is -4.06. The van der Waals surface area contributed by atoms with Crippen LogP contribution in [0.4, 0.5) is 0 Å². The first kappa shape index (κ1) is 11.9. The maximum atomic E-state index is 11.3. The maximum Gasteiger partial charge on any atom is 0.334 e. The summed E-state index contributed by atoms with van der Waals surface area (Å²) in [6.07, 6.45) is 6.69. The van der Waals surface area contributed by atoms with Gasteiger partial charge in [0.25, 0.3) is 10.1 Å². The van der Waals surface area contributed by atoms with Gasteiger partial charge in [-0.15, -0.1) is 0 Å². The molecule has 0 spiro atoms. The number of ether oxygens (including phenoxy) is 1. The second-order valence-electron chi connectivity index (χ2n) is 3.06. The monoisotopic (exact) mass is 232 g/mol. The zero-order valence-corrected chi connectivity index (χ0v) is 8.87. The molecular weight excluding hydrogens is 220 g/mol. The van der Waals surface area contributed by atoms with Crippen LogP contribution in [0.2, 0.25) is 0 Å². The van der Waals surface area contributed by atoms with Gasteiger partial charge in [-0.3, -0.25) is 4.55 Å². The quantitative estimate of drug-likeness (QED) is 0.438. The van der Waals surface area contributed by atoms with Gasteiger partial charge in [0.2, 0.25) is 0 Å². The summed E-state index contributed by atoms with van der Waals surface area (Å²) in [5.74, 6) is -1.09. The van der Waals surface area contributed by atoms with Crippen LogP contribution in [0, 0.1) is 0 Å². The van der Waals surface area contributed by atoms with E-state index in [0.717, 1.165) is 0 Å². The fourth-order valence-corrected chi connectivity index (χ4v) is 1.39. The summed E-state index contributed by atoms with van der Waals surface area (Å²) in [5.41, 5.74) is 0.521. The Bertz CT molecular complexity index is 391. The van der Waals surface area contributed by atoms with Crippen molar-refractivity contribution in [1.29, 1.82) is 0 Å². The molecule has 0 saturated heterocycles. The number of allylic oxidation sites excluding steroid dienone is 3. The summed E-state index contributed by atoms with van der Waals surface area (Å²) < 4.78 is 33.7. The number of hydrogen-bond donors (Lipinski definition) is 1. The summed E-state index contributed by atoms with van der Waals surface area (Å²) in [4.78, 5) is 11.3. The summed E-state index contributed by atoms with van der Waals surface area (Å²) in [6, 6.07) is 0. The van der Waals surface area contributed by atoms with Crippen molar-refractivity contribution in [3.63, 3.8) is 0 Å². The summed E-state index contributed by atoms with van der Waals surface area (Å²) in [7, 11) is -4.06. The molecule has 0 aromatic carbocycles. The van der Waals surface area contributed by atoms with Gasteiger partial charge in [-0.25, -0.2) is 4.79 Å². The fourth-order valence-electron chi connectivity index (χ4n) is 1.10. The Kier molecular flexibility index (Phi) is 4.05. The van der Waals surface area contributed by atoms with Crippen LogP contribution in [0.15, 0.2) is 23.8 Å². The Morgan fingerprint density at radius 1 is 1.47 bits per heavy atom. The van der Waals surface area contributed by atoms with E-state index in [1.54, 1.807) is 6.08 Å². The van der Waals surface area contributed by atoms with Crippen LogP contribution in [0.1, 0.15) is 12.8 Å². The summed E-state index contributed by atoms with van der Waals surface area (Å²) >= 11 is 0. The van der Waals surface area contributed by atoms with Gasteiger partial charge in [-0.05, 0) is 12.8 Å². The van der Waals surface area contributed by atoms with E-state index in [-0.39, 0.29) is 6.61 Å². The molecule has 0 atom stereocenters. The molecule has 84 valence electrons. The number of rotatable bonds is 4. The minimum absolute atomic E-state index is 0.321. The molecule has 0 amide bonds. The minimum Gasteiger partial charge on any atom is -0.461 e. The van der Waals surface area contributed by atoms with Gasteiger partial charge in [0.15, 0.2) is 0 Å². The first-order valence-corrected chi connectivity index (χ1v) is 6.06. The second kappa shape index (κ2) is 5.09. The third-order valence-corrected chi connectivity index (χ3v) is 2.52.